The van der Waals surface area contributed by atoms with Crippen LogP contribution < -0.4 is 11.0 Å². The van der Waals surface area contributed by atoms with Crippen LogP contribution in [0.2, 0.25) is 0 Å². The van der Waals surface area contributed by atoms with Crippen molar-refractivity contribution in [2.24, 2.45) is 11.0 Å². The highest BCUT2D eigenvalue weighted by molar-refractivity contribution is 7.18. The van der Waals surface area contributed by atoms with Crippen molar-refractivity contribution < 1.29 is 9.18 Å². The predicted octanol–water partition coefficient (Wildman–Crippen LogP) is 2.87. The molecule has 4 rings (SSSR count). The first kappa shape index (κ1) is 18.5. The fraction of sp³-hybridized carbons (Fsp3) is 0.300. The summed E-state index contributed by atoms with van der Waals surface area (Å²) in [5.41, 5.74) is 3.47. The number of benzene rings is 1. The highest BCUT2D eigenvalue weighted by Crippen LogP contribution is 2.35. The Balaban J connectivity index is 1.52. The fourth-order valence-electron chi connectivity index (χ4n) is 3.42. The number of nitrogens with zero attached hydrogens (tertiary/aromatic N) is 3. The monoisotopic (exact) mass is 398 g/mol. The maximum Gasteiger partial charge on any atom is 0.262 e. The van der Waals surface area contributed by atoms with Crippen LogP contribution in [-0.2, 0) is 24.2 Å². The number of thiophene rings is 1. The maximum atomic E-state index is 13.5. The second-order valence-electron chi connectivity index (χ2n) is 7.02. The molecule has 1 unspecified atom stereocenters. The van der Waals surface area contributed by atoms with Crippen molar-refractivity contribution in [2.45, 2.75) is 32.7 Å². The van der Waals surface area contributed by atoms with Crippen LogP contribution >= 0.6 is 11.3 Å². The Bertz CT molecular complexity index is 1130. The van der Waals surface area contributed by atoms with Gasteiger partial charge in [-0.25, -0.2) is 14.8 Å². The minimum absolute atomic E-state index is 0.197. The lowest BCUT2D eigenvalue weighted by atomic mass is 9.89. The van der Waals surface area contributed by atoms with E-state index in [2.05, 4.69) is 22.4 Å². The van der Waals surface area contributed by atoms with E-state index in [0.29, 0.717) is 11.3 Å². The van der Waals surface area contributed by atoms with Gasteiger partial charge in [0.15, 0.2) is 0 Å². The first-order chi connectivity index (χ1) is 13.5. The number of hydrazone groups is 1. The molecule has 2 aromatic heterocycles. The summed E-state index contributed by atoms with van der Waals surface area (Å²) in [7, 11) is 0. The van der Waals surface area contributed by atoms with Crippen molar-refractivity contribution in [2.75, 3.05) is 0 Å². The largest absolute Gasteiger partial charge is 0.289 e. The average molecular weight is 398 g/mol. The Kier molecular flexibility index (Phi) is 5.04. The van der Waals surface area contributed by atoms with Gasteiger partial charge < -0.3 is 0 Å². The lowest BCUT2D eigenvalue weighted by Gasteiger charge is -2.17. The quantitative estimate of drug-likeness (QED) is 0.542. The van der Waals surface area contributed by atoms with Crippen molar-refractivity contribution in [1.82, 2.24) is 15.0 Å². The van der Waals surface area contributed by atoms with Crippen molar-refractivity contribution >= 4 is 33.7 Å². The van der Waals surface area contributed by atoms with Crippen LogP contribution in [0.3, 0.4) is 0 Å². The molecule has 8 heteroatoms. The molecule has 1 aliphatic rings. The minimum Gasteiger partial charge on any atom is -0.289 e. The molecule has 3 aromatic rings. The summed E-state index contributed by atoms with van der Waals surface area (Å²) < 4.78 is 14.8. The molecule has 1 N–H and O–H groups in total. The van der Waals surface area contributed by atoms with Crippen molar-refractivity contribution in [3.05, 3.63) is 62.8 Å². The summed E-state index contributed by atoms with van der Waals surface area (Å²) >= 11 is 1.57. The van der Waals surface area contributed by atoms with Gasteiger partial charge in [0, 0.05) is 10.4 Å². The zero-order chi connectivity index (χ0) is 19.7. The number of carbonyl (C=O) groups excluding carboxylic acids is 1. The number of hydrogen-bond donors (Lipinski definition) is 1. The van der Waals surface area contributed by atoms with Gasteiger partial charge in [-0.05, 0) is 36.8 Å². The highest BCUT2D eigenvalue weighted by atomic mass is 32.1. The summed E-state index contributed by atoms with van der Waals surface area (Å²) in [4.78, 5) is 31.4. The zero-order valence-electron chi connectivity index (χ0n) is 15.3. The Morgan fingerprint density at radius 1 is 1.46 bits per heavy atom. The first-order valence-electron chi connectivity index (χ1n) is 9.09. The molecule has 1 atom stereocenters. The molecule has 28 heavy (non-hydrogen) atoms. The van der Waals surface area contributed by atoms with Crippen LogP contribution in [0.15, 0.2) is 40.5 Å². The van der Waals surface area contributed by atoms with Gasteiger partial charge in [0.1, 0.15) is 17.2 Å². The lowest BCUT2D eigenvalue weighted by molar-refractivity contribution is -0.121. The molecule has 0 fully saturated rings. The first-order valence-corrected chi connectivity index (χ1v) is 9.90. The van der Waals surface area contributed by atoms with E-state index in [0.717, 1.165) is 29.7 Å². The van der Waals surface area contributed by atoms with Gasteiger partial charge in [0.25, 0.3) is 11.5 Å². The van der Waals surface area contributed by atoms with E-state index in [4.69, 9.17) is 0 Å². The summed E-state index contributed by atoms with van der Waals surface area (Å²) in [6.07, 6.45) is 5.53. The topological polar surface area (TPSA) is 76.3 Å². The highest BCUT2D eigenvalue weighted by Gasteiger charge is 2.23. The molecule has 1 amide bonds. The second kappa shape index (κ2) is 7.63. The smallest absolute Gasteiger partial charge is 0.262 e. The van der Waals surface area contributed by atoms with Gasteiger partial charge in [-0.15, -0.1) is 11.3 Å². The number of aromatic nitrogens is 2. The van der Waals surface area contributed by atoms with Gasteiger partial charge in [-0.3, -0.25) is 14.2 Å². The summed E-state index contributed by atoms with van der Waals surface area (Å²) in [6.45, 7) is 2.02. The number of carbonyl (C=O) groups is 1. The van der Waals surface area contributed by atoms with Gasteiger partial charge in [-0.1, -0.05) is 25.1 Å². The van der Waals surface area contributed by atoms with Crippen LogP contribution in [0.25, 0.3) is 10.2 Å². The third kappa shape index (κ3) is 3.60. The molecule has 144 valence electrons. The van der Waals surface area contributed by atoms with E-state index in [1.54, 1.807) is 29.5 Å². The van der Waals surface area contributed by atoms with Crippen LogP contribution in [0.4, 0.5) is 4.39 Å². The zero-order valence-corrected chi connectivity index (χ0v) is 16.1. The third-order valence-electron chi connectivity index (χ3n) is 4.89. The van der Waals surface area contributed by atoms with Crippen LogP contribution in [0.1, 0.15) is 29.3 Å². The number of amides is 1. The standard InChI is InChI=1S/C20H19FN4O2S/c1-12-6-7-14-16(8-12)28-19-18(14)20(27)25(11-22-19)10-17(26)24-23-9-13-4-2-3-5-15(13)21/h2-5,9,11-12H,6-8,10H2,1H3,(H,24,26). The molecular weight excluding hydrogens is 379 g/mol. The van der Waals surface area contributed by atoms with E-state index in [1.165, 1.54) is 28.1 Å². The Hall–Kier alpha value is -2.87. The lowest BCUT2D eigenvalue weighted by Crippen LogP contribution is -2.30. The molecule has 0 radical (unpaired) electrons. The Morgan fingerprint density at radius 2 is 2.29 bits per heavy atom. The SMILES string of the molecule is CC1CCc2c(sc3ncn(CC(=O)NN=Cc4ccccc4F)c(=O)c23)C1. The Morgan fingerprint density at radius 3 is 3.11 bits per heavy atom. The van der Waals surface area contributed by atoms with E-state index in [-0.39, 0.29) is 17.7 Å². The van der Waals surface area contributed by atoms with Gasteiger partial charge in [0.05, 0.1) is 17.9 Å². The normalized spacial score (nSPS) is 16.4. The molecule has 0 saturated heterocycles. The summed E-state index contributed by atoms with van der Waals surface area (Å²) in [5.74, 6) is -0.294. The summed E-state index contributed by atoms with van der Waals surface area (Å²) in [5, 5.41) is 4.40. The second-order valence-corrected chi connectivity index (χ2v) is 8.11. The number of aryl methyl sites for hydroxylation is 1. The molecule has 0 saturated carbocycles. The van der Waals surface area contributed by atoms with E-state index < -0.39 is 11.7 Å². The third-order valence-corrected chi connectivity index (χ3v) is 6.06. The van der Waals surface area contributed by atoms with Crippen LogP contribution in [0.5, 0.6) is 0 Å². The molecule has 0 spiro atoms. The molecular formula is C20H19FN4O2S. The number of fused-ring (bicyclic) bond motifs is 3. The van der Waals surface area contributed by atoms with Gasteiger partial charge in [-0.2, -0.15) is 5.10 Å². The molecule has 2 heterocycles. The van der Waals surface area contributed by atoms with Crippen LogP contribution in [0, 0.1) is 11.7 Å². The minimum atomic E-state index is -0.478. The van der Waals surface area contributed by atoms with Crippen molar-refractivity contribution in [3.8, 4) is 0 Å². The molecule has 1 aliphatic carbocycles. The number of nitrogens with one attached hydrogen (secondary N) is 1. The molecule has 0 bridgehead atoms. The molecule has 6 nitrogen and oxygen atoms in total. The van der Waals surface area contributed by atoms with Crippen molar-refractivity contribution in [3.63, 3.8) is 0 Å². The van der Waals surface area contributed by atoms with Crippen LogP contribution in [-0.4, -0.2) is 21.7 Å². The molecule has 1 aromatic carbocycles. The van der Waals surface area contributed by atoms with E-state index >= 15 is 0 Å². The van der Waals surface area contributed by atoms with E-state index in [1.807, 2.05) is 0 Å². The Labute approximate surface area is 164 Å². The predicted molar refractivity (Wildman–Crippen MR) is 107 cm³/mol. The van der Waals surface area contributed by atoms with Gasteiger partial charge >= 0.3 is 0 Å². The number of halogens is 1. The maximum absolute atomic E-state index is 13.5. The number of hydrogen-bond acceptors (Lipinski definition) is 5. The summed E-state index contributed by atoms with van der Waals surface area (Å²) in [6, 6.07) is 6.11. The van der Waals surface area contributed by atoms with E-state index in [9.17, 15) is 14.0 Å². The van der Waals surface area contributed by atoms with Crippen molar-refractivity contribution in [1.29, 1.82) is 0 Å². The molecule has 0 aliphatic heterocycles. The van der Waals surface area contributed by atoms with Gasteiger partial charge in [0.2, 0.25) is 0 Å². The number of rotatable bonds is 4. The average Bonchev–Trinajstić information content (AvgIpc) is 3.04. The fourth-order valence-corrected chi connectivity index (χ4v) is 4.76.